The Morgan fingerprint density at radius 2 is 2.39 bits per heavy atom. The van der Waals surface area contributed by atoms with E-state index in [0.717, 1.165) is 4.88 Å². The number of aliphatic carboxylic acids is 1. The van der Waals surface area contributed by atoms with Crippen molar-refractivity contribution in [3.63, 3.8) is 0 Å². The molecule has 0 saturated heterocycles. The van der Waals surface area contributed by atoms with Crippen molar-refractivity contribution in [3.8, 4) is 10.7 Å². The first-order valence-electron chi connectivity index (χ1n) is 5.37. The standard InChI is InChI=1S/C10H11ClN4O2S/c1-2-6(5-9(16)17)15-10(12-13-14-15)7-3-4-8(11)18-7/h3-4,6H,2,5H2,1H3,(H,16,17). The van der Waals surface area contributed by atoms with Crippen LogP contribution in [0.1, 0.15) is 25.8 Å². The second-order valence-corrected chi connectivity index (χ2v) is 5.43. The molecule has 0 aliphatic carbocycles. The Morgan fingerprint density at radius 3 is 2.94 bits per heavy atom. The smallest absolute Gasteiger partial charge is 0.305 e. The molecule has 0 aliphatic heterocycles. The first kappa shape index (κ1) is 13.0. The van der Waals surface area contributed by atoms with Gasteiger partial charge >= 0.3 is 5.97 Å². The quantitative estimate of drug-likeness (QED) is 0.913. The Hall–Kier alpha value is -1.47. The van der Waals surface area contributed by atoms with Gasteiger partial charge in [-0.05, 0) is 29.0 Å². The number of nitrogens with zero attached hydrogens (tertiary/aromatic N) is 4. The van der Waals surface area contributed by atoms with Crippen LogP contribution in [0.5, 0.6) is 0 Å². The highest BCUT2D eigenvalue weighted by atomic mass is 35.5. The zero-order valence-electron chi connectivity index (χ0n) is 9.58. The predicted octanol–water partition coefficient (Wildman–Crippen LogP) is 2.48. The molecule has 96 valence electrons. The molecule has 0 spiro atoms. The maximum Gasteiger partial charge on any atom is 0.305 e. The Balaban J connectivity index is 2.34. The van der Waals surface area contributed by atoms with Crippen molar-refractivity contribution < 1.29 is 9.90 Å². The highest BCUT2D eigenvalue weighted by molar-refractivity contribution is 7.19. The van der Waals surface area contributed by atoms with Gasteiger partial charge in [-0.25, -0.2) is 4.68 Å². The number of carbonyl (C=O) groups is 1. The van der Waals surface area contributed by atoms with Gasteiger partial charge in [0.15, 0.2) is 5.82 Å². The molecule has 2 aromatic rings. The van der Waals surface area contributed by atoms with Gasteiger partial charge in [-0.3, -0.25) is 4.79 Å². The summed E-state index contributed by atoms with van der Waals surface area (Å²) >= 11 is 7.24. The number of aromatic nitrogens is 4. The second-order valence-electron chi connectivity index (χ2n) is 3.71. The van der Waals surface area contributed by atoms with E-state index in [4.69, 9.17) is 16.7 Å². The summed E-state index contributed by atoms with van der Waals surface area (Å²) in [6, 6.07) is 3.33. The van der Waals surface area contributed by atoms with Gasteiger partial charge in [0.25, 0.3) is 0 Å². The van der Waals surface area contributed by atoms with Crippen molar-refractivity contribution in [2.45, 2.75) is 25.8 Å². The zero-order chi connectivity index (χ0) is 13.1. The maximum absolute atomic E-state index is 10.8. The number of halogens is 1. The third-order valence-corrected chi connectivity index (χ3v) is 3.74. The van der Waals surface area contributed by atoms with Crippen LogP contribution in [0.4, 0.5) is 0 Å². The summed E-state index contributed by atoms with van der Waals surface area (Å²) in [5.41, 5.74) is 0. The Bertz CT molecular complexity index is 554. The van der Waals surface area contributed by atoms with Crippen LogP contribution in [0.3, 0.4) is 0 Å². The molecule has 0 amide bonds. The van der Waals surface area contributed by atoms with E-state index in [2.05, 4.69) is 15.5 Å². The fourth-order valence-corrected chi connectivity index (χ4v) is 2.66. The molecule has 6 nitrogen and oxygen atoms in total. The SMILES string of the molecule is CCC(CC(=O)O)n1nnnc1-c1ccc(Cl)s1. The van der Waals surface area contributed by atoms with E-state index in [-0.39, 0.29) is 12.5 Å². The van der Waals surface area contributed by atoms with Crippen molar-refractivity contribution in [1.82, 2.24) is 20.2 Å². The van der Waals surface area contributed by atoms with E-state index >= 15 is 0 Å². The molecular weight excluding hydrogens is 276 g/mol. The number of thiophene rings is 1. The lowest BCUT2D eigenvalue weighted by molar-refractivity contribution is -0.138. The van der Waals surface area contributed by atoms with Crippen LogP contribution >= 0.6 is 22.9 Å². The highest BCUT2D eigenvalue weighted by Crippen LogP contribution is 2.31. The summed E-state index contributed by atoms with van der Waals surface area (Å²) in [6.07, 6.45) is 0.636. The van der Waals surface area contributed by atoms with Gasteiger partial charge in [-0.2, -0.15) is 0 Å². The van der Waals surface area contributed by atoms with Gasteiger partial charge in [-0.1, -0.05) is 18.5 Å². The summed E-state index contributed by atoms with van der Waals surface area (Å²) in [4.78, 5) is 11.6. The molecule has 2 aromatic heterocycles. The minimum absolute atomic E-state index is 0.00630. The van der Waals surface area contributed by atoms with Crippen LogP contribution in [0.25, 0.3) is 10.7 Å². The lowest BCUT2D eigenvalue weighted by Gasteiger charge is -2.13. The molecule has 1 atom stereocenters. The number of hydrogen-bond donors (Lipinski definition) is 1. The summed E-state index contributed by atoms with van der Waals surface area (Å²) in [5.74, 6) is -0.312. The second kappa shape index (κ2) is 5.45. The van der Waals surface area contributed by atoms with E-state index in [1.165, 1.54) is 11.3 Å². The third-order valence-electron chi connectivity index (χ3n) is 2.51. The molecule has 1 N–H and O–H groups in total. The minimum Gasteiger partial charge on any atom is -0.481 e. The molecule has 0 aliphatic rings. The minimum atomic E-state index is -0.868. The van der Waals surface area contributed by atoms with Crippen molar-refractivity contribution in [3.05, 3.63) is 16.5 Å². The van der Waals surface area contributed by atoms with Crippen molar-refractivity contribution in [2.24, 2.45) is 0 Å². The lowest BCUT2D eigenvalue weighted by atomic mass is 10.1. The fourth-order valence-electron chi connectivity index (χ4n) is 1.64. The van der Waals surface area contributed by atoms with Crippen LogP contribution in [0.2, 0.25) is 4.34 Å². The zero-order valence-corrected chi connectivity index (χ0v) is 11.1. The lowest BCUT2D eigenvalue weighted by Crippen LogP contribution is -2.15. The normalized spacial score (nSPS) is 12.6. The summed E-state index contributed by atoms with van der Waals surface area (Å²) in [7, 11) is 0. The van der Waals surface area contributed by atoms with Crippen molar-refractivity contribution >= 4 is 28.9 Å². The molecule has 0 fully saturated rings. The van der Waals surface area contributed by atoms with E-state index in [1.54, 1.807) is 10.7 Å². The molecule has 0 bridgehead atoms. The van der Waals surface area contributed by atoms with Crippen molar-refractivity contribution in [2.75, 3.05) is 0 Å². The summed E-state index contributed by atoms with van der Waals surface area (Å²) < 4.78 is 2.20. The number of tetrazole rings is 1. The molecule has 0 radical (unpaired) electrons. The van der Waals surface area contributed by atoms with E-state index in [1.807, 2.05) is 13.0 Å². The van der Waals surface area contributed by atoms with Gasteiger partial charge in [0, 0.05) is 0 Å². The van der Waals surface area contributed by atoms with Crippen molar-refractivity contribution in [1.29, 1.82) is 0 Å². The predicted molar refractivity (Wildman–Crippen MR) is 67.7 cm³/mol. The molecule has 1 unspecified atom stereocenters. The average Bonchev–Trinajstić information content (AvgIpc) is 2.93. The molecule has 8 heteroatoms. The number of rotatable bonds is 5. The van der Waals surface area contributed by atoms with Crippen LogP contribution < -0.4 is 0 Å². The molecule has 2 rings (SSSR count). The molecule has 0 saturated carbocycles. The van der Waals surface area contributed by atoms with E-state index < -0.39 is 5.97 Å². The van der Waals surface area contributed by atoms with Crippen LogP contribution in [-0.2, 0) is 4.79 Å². The van der Waals surface area contributed by atoms with E-state index in [0.29, 0.717) is 16.6 Å². The Morgan fingerprint density at radius 1 is 1.61 bits per heavy atom. The molecule has 18 heavy (non-hydrogen) atoms. The fraction of sp³-hybridized carbons (Fsp3) is 0.400. The third kappa shape index (κ3) is 2.68. The maximum atomic E-state index is 10.8. The average molecular weight is 287 g/mol. The van der Waals surface area contributed by atoms with Gasteiger partial charge in [0.05, 0.1) is 21.7 Å². The molecule has 2 heterocycles. The van der Waals surface area contributed by atoms with Crippen LogP contribution in [0, 0.1) is 0 Å². The van der Waals surface area contributed by atoms with Crippen LogP contribution in [0.15, 0.2) is 12.1 Å². The highest BCUT2D eigenvalue weighted by Gasteiger charge is 2.20. The largest absolute Gasteiger partial charge is 0.481 e. The summed E-state index contributed by atoms with van der Waals surface area (Å²) in [5, 5.41) is 20.3. The summed E-state index contributed by atoms with van der Waals surface area (Å²) in [6.45, 7) is 1.90. The van der Waals surface area contributed by atoms with Gasteiger partial charge in [-0.15, -0.1) is 16.4 Å². The monoisotopic (exact) mass is 286 g/mol. The molecule has 0 aromatic carbocycles. The van der Waals surface area contributed by atoms with E-state index in [9.17, 15) is 4.79 Å². The Kier molecular flexibility index (Phi) is 3.93. The molecular formula is C10H11ClN4O2S. The first-order valence-corrected chi connectivity index (χ1v) is 6.56. The first-order chi connectivity index (χ1) is 8.61. The van der Waals surface area contributed by atoms with Gasteiger partial charge in [0.1, 0.15) is 0 Å². The Labute approximate surface area is 112 Å². The van der Waals surface area contributed by atoms with Crippen LogP contribution in [-0.4, -0.2) is 31.3 Å². The number of hydrogen-bond acceptors (Lipinski definition) is 5. The topological polar surface area (TPSA) is 80.9 Å². The number of carboxylic acids is 1. The number of carboxylic acid groups (broad SMARTS) is 1. The van der Waals surface area contributed by atoms with Gasteiger partial charge < -0.3 is 5.11 Å². The van der Waals surface area contributed by atoms with Gasteiger partial charge in [0.2, 0.25) is 0 Å².